The molecule has 0 aromatic carbocycles. The van der Waals surface area contributed by atoms with Gasteiger partial charge in [-0.15, -0.1) is 0 Å². The Bertz CT molecular complexity index is 235. The quantitative estimate of drug-likeness (QED) is 0.610. The molecule has 1 rings (SSSR count). The molecule has 1 aromatic heterocycles. The van der Waals surface area contributed by atoms with Crippen molar-refractivity contribution in [1.82, 2.24) is 4.98 Å². The number of aromatic nitrogens is 1. The third-order valence-electron chi connectivity index (χ3n) is 0.566. The van der Waals surface area contributed by atoms with Crippen LogP contribution in [-0.4, -0.2) is 12.5 Å². The minimum absolute atomic E-state index is 1.75. The predicted octanol–water partition coefficient (Wildman–Crippen LogP) is -0.272. The third kappa shape index (κ3) is 17.6. The first-order valence-electron chi connectivity index (χ1n) is 2.55. The normalized spacial score (nSPS) is 9.64. The van der Waals surface area contributed by atoms with Crippen LogP contribution in [0.15, 0.2) is 30.6 Å². The summed E-state index contributed by atoms with van der Waals surface area (Å²) in [6.45, 7) is 0. The second kappa shape index (κ2) is 5.07. The smallest absolute Gasteiger partial charge is 0.0267 e. The Labute approximate surface area is 67.1 Å². The molecule has 0 atom stereocenters. The van der Waals surface area contributed by atoms with Crippen molar-refractivity contribution in [2.24, 2.45) is 0 Å². The molecule has 0 saturated carbocycles. The van der Waals surface area contributed by atoms with Gasteiger partial charge in [-0.3, -0.25) is 4.98 Å². The number of pyridine rings is 1. The minimum Gasteiger partial charge on any atom is -0.265 e. The zero-order chi connectivity index (χ0) is 8.74. The molecule has 1 heterocycles. The molecule has 0 unspecified atom stereocenters. The van der Waals surface area contributed by atoms with Crippen molar-refractivity contribution >= 4 is 0 Å². The van der Waals surface area contributed by atoms with Gasteiger partial charge in [0.25, 0.3) is 0 Å². The van der Waals surface area contributed by atoms with Gasteiger partial charge in [0.1, 0.15) is 0 Å². The maximum Gasteiger partial charge on any atom is 0.0267 e. The van der Waals surface area contributed by atoms with Crippen molar-refractivity contribution in [3.8, 4) is 0 Å². The topological polar surface area (TPSA) is 87.5 Å². The largest absolute Gasteiger partial charge is 0.265 e. The summed E-state index contributed by atoms with van der Waals surface area (Å²) in [5.41, 5.74) is 0. The average Bonchev–Trinajstić information content (AvgIpc) is 1.88. The summed E-state index contributed by atoms with van der Waals surface area (Å²) < 4.78 is 32.0. The van der Waals surface area contributed by atoms with E-state index in [2.05, 4.69) is 4.98 Å². The molecule has 0 bridgehead atoms. The number of hydrogen-bond acceptors (Lipinski definition) is 3. The number of nitrogens with zero attached hydrogens (tertiary/aromatic N) is 1. The van der Waals surface area contributed by atoms with Crippen LogP contribution in [0, 0.1) is 0 Å². The Hall–Kier alpha value is -0.642. The molecule has 0 aliphatic heterocycles. The fourth-order valence-electron chi connectivity index (χ4n) is 0.313. The summed E-state index contributed by atoms with van der Waals surface area (Å²) >= 11 is -5.52. The zero-order valence-corrected chi connectivity index (χ0v) is 7.46. The molecule has 0 saturated heterocycles. The summed E-state index contributed by atoms with van der Waals surface area (Å²) in [7, 11) is 0. The molecule has 6 heteroatoms. The van der Waals surface area contributed by atoms with E-state index in [1.807, 2.05) is 18.2 Å². The molecular weight excluding hydrogens is 234 g/mol. The number of rotatable bonds is 0. The molecule has 0 radical (unpaired) electrons. The second-order valence-electron chi connectivity index (χ2n) is 1.47. The van der Waals surface area contributed by atoms with Crippen LogP contribution < -0.4 is 0 Å². The van der Waals surface area contributed by atoms with Crippen LogP contribution in [0.5, 0.6) is 0 Å². The van der Waals surface area contributed by atoms with Crippen LogP contribution in [0.4, 0.5) is 0 Å². The number of hydrogen-bond donors (Lipinski definition) is 2. The van der Waals surface area contributed by atoms with Gasteiger partial charge < -0.3 is 0 Å². The molecule has 62 valence electrons. The Morgan fingerprint density at radius 1 is 1.00 bits per heavy atom. The van der Waals surface area contributed by atoms with Gasteiger partial charge in [-0.05, 0) is 12.1 Å². The predicted molar refractivity (Wildman–Crippen MR) is 30.0 cm³/mol. The van der Waals surface area contributed by atoms with Crippen molar-refractivity contribution in [1.29, 1.82) is 0 Å². The SMILES string of the molecule is [O]=[Mo](=[O])([OH])[OH].c1ccncc1. The van der Waals surface area contributed by atoms with Crippen LogP contribution in [0.1, 0.15) is 0 Å². The van der Waals surface area contributed by atoms with E-state index in [9.17, 15) is 0 Å². The van der Waals surface area contributed by atoms with Gasteiger partial charge in [-0.1, -0.05) is 6.07 Å². The summed E-state index contributed by atoms with van der Waals surface area (Å²) in [6.07, 6.45) is 3.50. The second-order valence-corrected chi connectivity index (χ2v) is 3.67. The maximum absolute atomic E-state index is 8.85. The first-order chi connectivity index (χ1) is 5.00. The standard InChI is InChI=1S/C5H5N.Mo.2H2O.2O/c1-2-4-6-5-3-1;;;;;/h1-5H;;2*1H2;;/q;+2;;;;/p-2. The Morgan fingerprint density at radius 3 is 1.45 bits per heavy atom. The van der Waals surface area contributed by atoms with Crippen molar-refractivity contribution in [2.45, 2.75) is 0 Å². The van der Waals surface area contributed by atoms with Crippen LogP contribution in [-0.2, 0) is 23.5 Å². The summed E-state index contributed by atoms with van der Waals surface area (Å²) in [6, 6.07) is 5.72. The van der Waals surface area contributed by atoms with Crippen LogP contribution >= 0.6 is 0 Å². The maximum atomic E-state index is 8.85. The fraction of sp³-hybridized carbons (Fsp3) is 0. The monoisotopic (exact) mass is 243 g/mol. The molecule has 0 amide bonds. The van der Waals surface area contributed by atoms with Crippen molar-refractivity contribution in [3.05, 3.63) is 30.6 Å². The third-order valence-corrected chi connectivity index (χ3v) is 0.566. The van der Waals surface area contributed by atoms with E-state index in [1.54, 1.807) is 12.4 Å². The first-order valence-corrected chi connectivity index (χ1v) is 5.98. The van der Waals surface area contributed by atoms with Gasteiger partial charge >= 0.3 is 31.1 Å². The summed E-state index contributed by atoms with van der Waals surface area (Å²) in [4.78, 5) is 3.78. The molecule has 0 spiro atoms. The molecule has 11 heavy (non-hydrogen) atoms. The summed E-state index contributed by atoms with van der Waals surface area (Å²) in [5.74, 6) is 0. The van der Waals surface area contributed by atoms with E-state index in [4.69, 9.17) is 14.3 Å². The molecule has 0 aliphatic rings. The molecule has 1 aromatic rings. The van der Waals surface area contributed by atoms with Gasteiger partial charge in [-0.2, -0.15) is 0 Å². The van der Waals surface area contributed by atoms with E-state index < -0.39 is 16.7 Å². The summed E-state index contributed by atoms with van der Waals surface area (Å²) in [5, 5.41) is 0. The van der Waals surface area contributed by atoms with Crippen molar-refractivity contribution < 1.29 is 31.1 Å². The Balaban J connectivity index is 0.000000187. The van der Waals surface area contributed by atoms with Gasteiger partial charge in [-0.25, -0.2) is 0 Å². The van der Waals surface area contributed by atoms with E-state index in [1.165, 1.54) is 0 Å². The van der Waals surface area contributed by atoms with E-state index in [-0.39, 0.29) is 0 Å². The first kappa shape index (κ1) is 10.4. The van der Waals surface area contributed by atoms with E-state index in [0.29, 0.717) is 0 Å². The van der Waals surface area contributed by atoms with E-state index >= 15 is 0 Å². The van der Waals surface area contributed by atoms with Crippen molar-refractivity contribution in [3.63, 3.8) is 0 Å². The average molecular weight is 241 g/mol. The van der Waals surface area contributed by atoms with Gasteiger partial charge in [0.05, 0.1) is 0 Å². The molecule has 0 aliphatic carbocycles. The minimum atomic E-state index is -5.52. The molecular formula is C5H7MoNO4. The molecule has 0 fully saturated rings. The van der Waals surface area contributed by atoms with Crippen LogP contribution in [0.2, 0.25) is 0 Å². The van der Waals surface area contributed by atoms with Gasteiger partial charge in [0.2, 0.25) is 0 Å². The van der Waals surface area contributed by atoms with Crippen LogP contribution in [0.25, 0.3) is 0 Å². The van der Waals surface area contributed by atoms with Gasteiger partial charge in [0.15, 0.2) is 0 Å². The Kier molecular flexibility index (Phi) is 4.77. The molecule has 5 nitrogen and oxygen atoms in total. The van der Waals surface area contributed by atoms with E-state index in [0.717, 1.165) is 0 Å². The van der Waals surface area contributed by atoms with Crippen molar-refractivity contribution in [2.75, 3.05) is 0 Å². The molecule has 2 N–H and O–H groups in total. The van der Waals surface area contributed by atoms with Crippen LogP contribution in [0.3, 0.4) is 0 Å². The fourth-order valence-corrected chi connectivity index (χ4v) is 0.313. The zero-order valence-electron chi connectivity index (χ0n) is 5.45. The Morgan fingerprint density at radius 2 is 1.36 bits per heavy atom. The van der Waals surface area contributed by atoms with Gasteiger partial charge in [0, 0.05) is 12.4 Å².